The molecule has 5 nitrogen and oxygen atoms in total. The Hall–Kier alpha value is -1.49. The third-order valence-electron chi connectivity index (χ3n) is 3.74. The Morgan fingerprint density at radius 1 is 1.38 bits per heavy atom. The van der Waals surface area contributed by atoms with Gasteiger partial charge in [-0.3, -0.25) is 0 Å². The summed E-state index contributed by atoms with van der Waals surface area (Å²) >= 11 is 0. The van der Waals surface area contributed by atoms with Crippen LogP contribution in [0.1, 0.15) is 24.0 Å². The van der Waals surface area contributed by atoms with Gasteiger partial charge in [-0.05, 0) is 37.0 Å². The van der Waals surface area contributed by atoms with Crippen LogP contribution >= 0.6 is 0 Å². The fourth-order valence-corrected chi connectivity index (χ4v) is 3.98. The van der Waals surface area contributed by atoms with Crippen LogP contribution in [0.2, 0.25) is 0 Å². The maximum Gasteiger partial charge on any atom is 0.218 e. The Bertz CT molecular complexity index is 647. The largest absolute Gasteiger partial charge is 0.396 e. The lowest BCUT2D eigenvalue weighted by Gasteiger charge is -2.30. The van der Waals surface area contributed by atoms with Gasteiger partial charge >= 0.3 is 0 Å². The molecular formula is C14H17FN2O3S. The molecule has 1 heterocycles. The fourth-order valence-electron chi connectivity index (χ4n) is 2.41. The first kappa shape index (κ1) is 15.9. The van der Waals surface area contributed by atoms with Gasteiger partial charge in [-0.2, -0.15) is 5.26 Å². The van der Waals surface area contributed by atoms with Gasteiger partial charge in [0.15, 0.2) is 0 Å². The van der Waals surface area contributed by atoms with Gasteiger partial charge < -0.3 is 5.11 Å². The molecule has 0 spiro atoms. The predicted molar refractivity (Wildman–Crippen MR) is 75.1 cm³/mol. The molecule has 0 unspecified atom stereocenters. The lowest BCUT2D eigenvalue weighted by atomic mass is 10.00. The van der Waals surface area contributed by atoms with Crippen molar-refractivity contribution < 1.29 is 17.9 Å². The van der Waals surface area contributed by atoms with E-state index in [9.17, 15) is 12.8 Å². The van der Waals surface area contributed by atoms with Crippen molar-refractivity contribution in [2.45, 2.75) is 18.6 Å². The van der Waals surface area contributed by atoms with E-state index in [0.717, 1.165) is 6.07 Å². The number of sulfonamides is 1. The molecule has 0 aromatic heterocycles. The monoisotopic (exact) mass is 312 g/mol. The predicted octanol–water partition coefficient (Wildman–Crippen LogP) is 1.23. The molecule has 0 saturated carbocycles. The average molecular weight is 312 g/mol. The van der Waals surface area contributed by atoms with E-state index in [0.29, 0.717) is 25.9 Å². The van der Waals surface area contributed by atoms with Gasteiger partial charge in [-0.15, -0.1) is 0 Å². The quantitative estimate of drug-likeness (QED) is 0.906. The molecule has 1 N–H and O–H groups in total. The van der Waals surface area contributed by atoms with Crippen molar-refractivity contribution in [1.82, 2.24) is 4.31 Å². The van der Waals surface area contributed by atoms with Gasteiger partial charge in [-0.1, -0.05) is 0 Å². The Labute approximate surface area is 123 Å². The van der Waals surface area contributed by atoms with Crippen molar-refractivity contribution in [3.63, 3.8) is 0 Å². The van der Waals surface area contributed by atoms with Crippen molar-refractivity contribution in [1.29, 1.82) is 5.26 Å². The van der Waals surface area contributed by atoms with Crippen molar-refractivity contribution in [3.8, 4) is 6.07 Å². The van der Waals surface area contributed by atoms with E-state index in [4.69, 9.17) is 10.4 Å². The number of aliphatic hydroxyl groups excluding tert-OH is 1. The molecule has 7 heteroatoms. The molecule has 0 aliphatic carbocycles. The van der Waals surface area contributed by atoms with Crippen molar-refractivity contribution in [3.05, 3.63) is 35.1 Å². The first-order valence-corrected chi connectivity index (χ1v) is 8.34. The zero-order valence-corrected chi connectivity index (χ0v) is 12.3. The molecule has 21 heavy (non-hydrogen) atoms. The molecule has 1 aromatic carbocycles. The molecule has 1 fully saturated rings. The smallest absolute Gasteiger partial charge is 0.218 e. The minimum Gasteiger partial charge on any atom is -0.396 e. The van der Waals surface area contributed by atoms with Crippen LogP contribution < -0.4 is 0 Å². The highest BCUT2D eigenvalue weighted by Gasteiger charge is 2.28. The Morgan fingerprint density at radius 3 is 2.62 bits per heavy atom. The summed E-state index contributed by atoms with van der Waals surface area (Å²) in [7, 11) is -3.61. The number of benzene rings is 1. The van der Waals surface area contributed by atoms with Gasteiger partial charge in [0.1, 0.15) is 5.82 Å². The molecule has 1 aliphatic heterocycles. The van der Waals surface area contributed by atoms with Crippen molar-refractivity contribution >= 4 is 10.0 Å². The van der Waals surface area contributed by atoms with Crippen molar-refractivity contribution in [2.75, 3.05) is 19.7 Å². The standard InChI is InChI=1S/C14H17FN2O3S/c15-14-2-1-12(8-16)7-13(14)10-21(19,20)17-5-3-11(9-18)4-6-17/h1-2,7,11,18H,3-6,9-10H2. The molecule has 0 amide bonds. The summed E-state index contributed by atoms with van der Waals surface area (Å²) in [4.78, 5) is 0. The minimum absolute atomic E-state index is 0.0123. The summed E-state index contributed by atoms with van der Waals surface area (Å²) < 4.78 is 39.7. The van der Waals surface area contributed by atoms with Gasteiger partial charge in [0.05, 0.1) is 17.4 Å². The van der Waals surface area contributed by atoms with E-state index < -0.39 is 21.6 Å². The number of hydrogen-bond acceptors (Lipinski definition) is 4. The summed E-state index contributed by atoms with van der Waals surface area (Å²) in [5.41, 5.74) is 0.249. The number of hydrogen-bond donors (Lipinski definition) is 1. The number of nitrogens with zero attached hydrogens (tertiary/aromatic N) is 2. The van der Waals surface area contributed by atoms with Gasteiger partial charge in [0.25, 0.3) is 0 Å². The molecule has 1 aromatic rings. The van der Waals surface area contributed by atoms with E-state index >= 15 is 0 Å². The molecule has 1 saturated heterocycles. The summed E-state index contributed by atoms with van der Waals surface area (Å²) in [6.45, 7) is 0.743. The number of piperidine rings is 1. The van der Waals surface area contributed by atoms with Crippen LogP contribution in [0, 0.1) is 23.1 Å². The number of rotatable bonds is 4. The lowest BCUT2D eigenvalue weighted by Crippen LogP contribution is -2.39. The Balaban J connectivity index is 2.13. The molecule has 0 atom stereocenters. The highest BCUT2D eigenvalue weighted by Crippen LogP contribution is 2.22. The second-order valence-corrected chi connectivity index (χ2v) is 7.17. The molecule has 1 aliphatic rings. The summed E-state index contributed by atoms with van der Waals surface area (Å²) in [6, 6.07) is 5.57. The zero-order valence-electron chi connectivity index (χ0n) is 11.5. The fraction of sp³-hybridized carbons (Fsp3) is 0.500. The van der Waals surface area contributed by atoms with E-state index in [1.165, 1.54) is 16.4 Å². The SMILES string of the molecule is N#Cc1ccc(F)c(CS(=O)(=O)N2CCC(CO)CC2)c1. The third-order valence-corrected chi connectivity index (χ3v) is 5.57. The Kier molecular flexibility index (Phi) is 4.93. The maximum absolute atomic E-state index is 13.7. The summed E-state index contributed by atoms with van der Waals surface area (Å²) in [5.74, 6) is -0.934. The van der Waals surface area contributed by atoms with Gasteiger partial charge in [0.2, 0.25) is 10.0 Å². The number of halogens is 1. The Morgan fingerprint density at radius 2 is 2.05 bits per heavy atom. The van der Waals surface area contributed by atoms with Crippen LogP contribution in [0.5, 0.6) is 0 Å². The van der Waals surface area contributed by atoms with E-state index in [1.807, 2.05) is 6.07 Å². The minimum atomic E-state index is -3.61. The van der Waals surface area contributed by atoms with Crippen LogP contribution in [0.4, 0.5) is 4.39 Å². The molecule has 0 bridgehead atoms. The molecule has 0 radical (unpaired) electrons. The first-order chi connectivity index (χ1) is 9.96. The number of aliphatic hydroxyl groups is 1. The van der Waals surface area contributed by atoms with Crippen LogP contribution in [-0.2, 0) is 15.8 Å². The van der Waals surface area contributed by atoms with E-state index in [-0.39, 0.29) is 23.7 Å². The molecule has 114 valence electrons. The second kappa shape index (κ2) is 6.52. The van der Waals surface area contributed by atoms with Crippen LogP contribution in [-0.4, -0.2) is 37.5 Å². The molecule has 2 rings (SSSR count). The van der Waals surface area contributed by atoms with E-state index in [1.54, 1.807) is 0 Å². The maximum atomic E-state index is 13.7. The first-order valence-electron chi connectivity index (χ1n) is 6.73. The third kappa shape index (κ3) is 3.79. The van der Waals surface area contributed by atoms with Gasteiger partial charge in [0, 0.05) is 25.3 Å². The average Bonchev–Trinajstić information content (AvgIpc) is 2.49. The summed E-state index contributed by atoms with van der Waals surface area (Å²) in [6.07, 6.45) is 1.22. The highest BCUT2D eigenvalue weighted by molar-refractivity contribution is 7.88. The topological polar surface area (TPSA) is 81.4 Å². The molecular weight excluding hydrogens is 295 g/mol. The zero-order chi connectivity index (χ0) is 15.5. The lowest BCUT2D eigenvalue weighted by molar-refractivity contribution is 0.170. The van der Waals surface area contributed by atoms with Crippen LogP contribution in [0.15, 0.2) is 18.2 Å². The normalized spacial score (nSPS) is 17.6. The summed E-state index contributed by atoms with van der Waals surface area (Å²) in [5, 5.41) is 17.9. The number of nitriles is 1. The van der Waals surface area contributed by atoms with E-state index in [2.05, 4.69) is 0 Å². The van der Waals surface area contributed by atoms with Crippen LogP contribution in [0.3, 0.4) is 0 Å². The second-order valence-electron chi connectivity index (χ2n) is 5.20. The van der Waals surface area contributed by atoms with Crippen molar-refractivity contribution in [2.24, 2.45) is 5.92 Å². The van der Waals surface area contributed by atoms with Gasteiger partial charge in [-0.25, -0.2) is 17.1 Å². The van der Waals surface area contributed by atoms with Crippen LogP contribution in [0.25, 0.3) is 0 Å². The highest BCUT2D eigenvalue weighted by atomic mass is 32.2.